The van der Waals surface area contributed by atoms with Crippen molar-refractivity contribution in [1.82, 2.24) is 9.78 Å². The number of halogens is 1. The summed E-state index contributed by atoms with van der Waals surface area (Å²) in [6.45, 7) is 5.84. The maximum absolute atomic E-state index is 15.2. The average Bonchev–Trinajstić information content (AvgIpc) is 3.85. The summed E-state index contributed by atoms with van der Waals surface area (Å²) in [6, 6.07) is 19.9. The quantitative estimate of drug-likeness (QED) is 0.137. The standard InChI is InChI=1S/C43H39ClN4O6S/c1-6-22-10-13-24(14-11-22)47-39(50)26-16-15-25-28(35(26)41(47)52)19-29-40(51)48(42(53)43(29,3)37(25)36-31(49)8-7-9-32(36)54-5)34-20-30(45-46(34)4)38-21(2)27-18-23(44)12-17-33(27)55-38/h7-15,17-18,20,26,28-29,35,37,49H,6,16,19H2,1-5H3/t26-,28+,29-,35-,37+,43+/m0/s1. The Morgan fingerprint density at radius 2 is 1.75 bits per heavy atom. The number of anilines is 2. The van der Waals surface area contributed by atoms with Gasteiger partial charge in [-0.25, -0.2) is 4.90 Å². The number of ether oxygens (including phenoxy) is 1. The lowest BCUT2D eigenvalue weighted by atomic mass is 9.51. The zero-order valence-corrected chi connectivity index (χ0v) is 32.6. The Balaban J connectivity index is 1.16. The molecular formula is C43H39ClN4O6S. The summed E-state index contributed by atoms with van der Waals surface area (Å²) in [5.74, 6) is -4.45. The molecule has 55 heavy (non-hydrogen) atoms. The fourth-order valence-electron chi connectivity index (χ4n) is 9.89. The lowest BCUT2D eigenvalue weighted by Gasteiger charge is -2.49. The number of aromatic hydroxyl groups is 1. The molecule has 3 fully saturated rings. The van der Waals surface area contributed by atoms with Crippen LogP contribution >= 0.6 is 22.9 Å². The van der Waals surface area contributed by atoms with Crippen molar-refractivity contribution < 1.29 is 29.0 Å². The number of aromatic nitrogens is 2. The molecule has 4 amide bonds. The first kappa shape index (κ1) is 35.4. The summed E-state index contributed by atoms with van der Waals surface area (Å²) in [5.41, 5.74) is 2.98. The van der Waals surface area contributed by atoms with Crippen LogP contribution in [0.1, 0.15) is 49.3 Å². The van der Waals surface area contributed by atoms with Crippen LogP contribution in [0.15, 0.2) is 78.4 Å². The van der Waals surface area contributed by atoms with Gasteiger partial charge in [-0.1, -0.05) is 48.4 Å². The van der Waals surface area contributed by atoms with E-state index in [0.29, 0.717) is 33.5 Å². The van der Waals surface area contributed by atoms with E-state index in [-0.39, 0.29) is 30.4 Å². The molecule has 6 atom stereocenters. The Labute approximate surface area is 326 Å². The number of phenols is 1. The molecule has 0 spiro atoms. The van der Waals surface area contributed by atoms with E-state index in [1.807, 2.05) is 62.4 Å². The Kier molecular flexibility index (Phi) is 8.15. The van der Waals surface area contributed by atoms with Crippen LogP contribution in [0.4, 0.5) is 11.5 Å². The van der Waals surface area contributed by atoms with Gasteiger partial charge in [-0.2, -0.15) is 5.10 Å². The average molecular weight is 775 g/mol. The predicted octanol–water partition coefficient (Wildman–Crippen LogP) is 7.98. The normalized spacial score (nSPS) is 26.1. The van der Waals surface area contributed by atoms with Crippen molar-refractivity contribution in [1.29, 1.82) is 0 Å². The molecule has 0 bridgehead atoms. The van der Waals surface area contributed by atoms with Gasteiger partial charge in [-0.3, -0.25) is 28.8 Å². The number of nitrogens with zero attached hydrogens (tertiary/aromatic N) is 4. The molecule has 0 unspecified atom stereocenters. The molecule has 4 heterocycles. The minimum absolute atomic E-state index is 0.0821. The van der Waals surface area contributed by atoms with Crippen molar-refractivity contribution >= 4 is 68.2 Å². The third kappa shape index (κ3) is 4.94. The molecule has 2 aliphatic heterocycles. The summed E-state index contributed by atoms with van der Waals surface area (Å²) in [6.07, 6.45) is 3.26. The van der Waals surface area contributed by atoms with Gasteiger partial charge in [0.25, 0.3) is 0 Å². The number of allylic oxidation sites excluding steroid dienone is 2. The van der Waals surface area contributed by atoms with Gasteiger partial charge in [0, 0.05) is 34.3 Å². The summed E-state index contributed by atoms with van der Waals surface area (Å²) >= 11 is 7.89. The number of rotatable bonds is 6. The molecule has 0 radical (unpaired) electrons. The number of phenolic OH excluding ortho intramolecular Hbond substituents is 1. The summed E-state index contributed by atoms with van der Waals surface area (Å²) in [7, 11) is 3.21. The Hall–Kier alpha value is -5.26. The van der Waals surface area contributed by atoms with Crippen molar-refractivity contribution in [2.45, 2.75) is 46.0 Å². The van der Waals surface area contributed by atoms with Crippen LogP contribution in [0.5, 0.6) is 11.5 Å². The number of amides is 4. The molecule has 1 saturated carbocycles. The first-order valence-corrected chi connectivity index (χ1v) is 19.7. The van der Waals surface area contributed by atoms with Crippen molar-refractivity contribution in [3.05, 3.63) is 100 Å². The fraction of sp³-hybridized carbons (Fsp3) is 0.326. The lowest BCUT2D eigenvalue weighted by Crippen LogP contribution is -2.49. The Morgan fingerprint density at radius 3 is 2.47 bits per heavy atom. The smallest absolute Gasteiger partial charge is 0.242 e. The van der Waals surface area contributed by atoms with Crippen molar-refractivity contribution in [2.24, 2.45) is 36.1 Å². The summed E-state index contributed by atoms with van der Waals surface area (Å²) in [5, 5.41) is 18.0. The molecule has 3 aromatic carbocycles. The SMILES string of the molecule is CCc1ccc(N2C(=O)[C@H]3[C@H](CC=C4[C@H]3C[C@H]3C(=O)N(c5cc(-c6sc7ccc(Cl)cc7c6C)nn5C)C(=O)[C@@]3(C)[C@H]4c3c(O)cccc3OC)C2=O)cc1. The van der Waals surface area contributed by atoms with Gasteiger partial charge in [0.1, 0.15) is 23.0 Å². The van der Waals surface area contributed by atoms with Crippen LogP contribution < -0.4 is 14.5 Å². The van der Waals surface area contributed by atoms with Crippen LogP contribution in [0.2, 0.25) is 5.02 Å². The van der Waals surface area contributed by atoms with Gasteiger partial charge in [0.05, 0.1) is 40.8 Å². The van der Waals surface area contributed by atoms with Gasteiger partial charge in [0.15, 0.2) is 0 Å². The highest BCUT2D eigenvalue weighted by atomic mass is 35.5. The Bertz CT molecular complexity index is 2520. The molecule has 280 valence electrons. The van der Waals surface area contributed by atoms with E-state index in [1.54, 1.807) is 54.3 Å². The number of hydrogen-bond acceptors (Lipinski definition) is 8. The Morgan fingerprint density at radius 1 is 0.982 bits per heavy atom. The second-order valence-corrected chi connectivity index (χ2v) is 16.8. The molecular weight excluding hydrogens is 736 g/mol. The highest BCUT2D eigenvalue weighted by molar-refractivity contribution is 7.22. The molecule has 9 rings (SSSR count). The molecule has 2 saturated heterocycles. The monoisotopic (exact) mass is 774 g/mol. The predicted molar refractivity (Wildman–Crippen MR) is 211 cm³/mol. The van der Waals surface area contributed by atoms with E-state index in [1.165, 1.54) is 16.9 Å². The van der Waals surface area contributed by atoms with Gasteiger partial charge < -0.3 is 9.84 Å². The first-order chi connectivity index (χ1) is 26.4. The fourth-order valence-corrected chi connectivity index (χ4v) is 11.2. The van der Waals surface area contributed by atoms with Crippen molar-refractivity contribution in [2.75, 3.05) is 16.9 Å². The van der Waals surface area contributed by atoms with Crippen LogP contribution in [0.25, 0.3) is 20.7 Å². The second-order valence-electron chi connectivity index (χ2n) is 15.3. The molecule has 1 N–H and O–H groups in total. The largest absolute Gasteiger partial charge is 0.508 e. The number of benzene rings is 3. The van der Waals surface area contributed by atoms with E-state index in [0.717, 1.165) is 38.1 Å². The maximum Gasteiger partial charge on any atom is 0.242 e. The zero-order chi connectivity index (χ0) is 38.7. The summed E-state index contributed by atoms with van der Waals surface area (Å²) < 4.78 is 8.41. The maximum atomic E-state index is 15.2. The number of carbonyl (C=O) groups is 4. The third-order valence-electron chi connectivity index (χ3n) is 12.6. The lowest BCUT2D eigenvalue weighted by molar-refractivity contribution is -0.131. The minimum Gasteiger partial charge on any atom is -0.508 e. The van der Waals surface area contributed by atoms with Crippen molar-refractivity contribution in [3.63, 3.8) is 0 Å². The van der Waals surface area contributed by atoms with E-state index < -0.39 is 46.8 Å². The third-order valence-corrected chi connectivity index (χ3v) is 14.2. The second kappa shape index (κ2) is 12.6. The van der Waals surface area contributed by atoms with E-state index >= 15 is 4.79 Å². The van der Waals surface area contributed by atoms with E-state index in [4.69, 9.17) is 21.4 Å². The molecule has 4 aliphatic rings. The van der Waals surface area contributed by atoms with Gasteiger partial charge in [0.2, 0.25) is 23.6 Å². The highest BCUT2D eigenvalue weighted by Crippen LogP contribution is 2.65. The van der Waals surface area contributed by atoms with Gasteiger partial charge >= 0.3 is 0 Å². The number of methoxy groups -OCH3 is 1. The highest BCUT2D eigenvalue weighted by Gasteiger charge is 2.68. The van der Waals surface area contributed by atoms with Gasteiger partial charge in [-0.15, -0.1) is 11.3 Å². The first-order valence-electron chi connectivity index (χ1n) is 18.5. The minimum atomic E-state index is -1.38. The van der Waals surface area contributed by atoms with Crippen LogP contribution in [0, 0.1) is 36.0 Å². The topological polar surface area (TPSA) is 122 Å². The number of hydrogen-bond donors (Lipinski definition) is 1. The number of carbonyl (C=O) groups excluding carboxylic acids is 4. The van der Waals surface area contributed by atoms with Crippen LogP contribution in [-0.4, -0.2) is 45.6 Å². The number of aryl methyl sites for hydroxylation is 3. The zero-order valence-electron chi connectivity index (χ0n) is 31.0. The number of thiophene rings is 1. The van der Waals surface area contributed by atoms with Crippen LogP contribution in [-0.2, 0) is 32.6 Å². The van der Waals surface area contributed by atoms with E-state index in [9.17, 15) is 19.5 Å². The van der Waals surface area contributed by atoms with Gasteiger partial charge in [-0.05, 0) is 98.0 Å². The van der Waals surface area contributed by atoms with E-state index in [2.05, 4.69) is 0 Å². The summed E-state index contributed by atoms with van der Waals surface area (Å²) in [4.78, 5) is 62.1. The molecule has 5 aromatic rings. The number of fused-ring (bicyclic) bond motifs is 5. The molecule has 10 nitrogen and oxygen atoms in total. The van der Waals surface area contributed by atoms with Crippen molar-refractivity contribution in [3.8, 4) is 22.1 Å². The molecule has 2 aromatic heterocycles. The van der Waals surface area contributed by atoms with Crippen LogP contribution in [0.3, 0.4) is 0 Å². The molecule has 2 aliphatic carbocycles. The number of imide groups is 2. The molecule has 12 heteroatoms.